The van der Waals surface area contributed by atoms with E-state index in [1.807, 2.05) is 6.92 Å². The molecule has 36 heavy (non-hydrogen) atoms. The van der Waals surface area contributed by atoms with E-state index in [1.165, 1.54) is 37.5 Å². The second-order valence-corrected chi connectivity index (χ2v) is 8.61. The molecule has 4 radical (unpaired) electrons. The van der Waals surface area contributed by atoms with Crippen molar-refractivity contribution >= 4 is 50.9 Å². The van der Waals surface area contributed by atoms with Gasteiger partial charge in [-0.1, -0.05) is 11.6 Å². The van der Waals surface area contributed by atoms with Crippen LogP contribution in [0.15, 0.2) is 41.0 Å². The topological polar surface area (TPSA) is 107 Å². The molecule has 0 atom stereocenters. The van der Waals surface area contributed by atoms with Gasteiger partial charge in [-0.2, -0.15) is 5.10 Å². The Hall–Kier alpha value is -3.59. The molecule has 8 nitrogen and oxygen atoms in total. The number of anilines is 1. The predicted molar refractivity (Wildman–Crippen MR) is 140 cm³/mol. The third-order valence-corrected chi connectivity index (χ3v) is 6.04. The molecule has 180 valence electrons. The lowest BCUT2D eigenvalue weighted by molar-refractivity contribution is -0.114. The zero-order chi connectivity index (χ0) is 26.2. The van der Waals surface area contributed by atoms with E-state index in [0.717, 1.165) is 0 Å². The van der Waals surface area contributed by atoms with E-state index in [0.29, 0.717) is 28.9 Å². The number of pyridine rings is 1. The molecule has 4 rings (SSSR count). The summed E-state index contributed by atoms with van der Waals surface area (Å²) in [4.78, 5) is 20.3. The molecule has 3 N–H and O–H groups in total. The van der Waals surface area contributed by atoms with Crippen molar-refractivity contribution in [3.63, 3.8) is 0 Å². The largest absolute Gasteiger partial charge is 0.485 e. The Kier molecular flexibility index (Phi) is 6.95. The number of hydrogen-bond donors (Lipinski definition) is 2. The molecule has 3 aromatic rings. The molecule has 0 aliphatic carbocycles. The van der Waals surface area contributed by atoms with E-state index in [2.05, 4.69) is 20.4 Å². The highest BCUT2D eigenvalue weighted by Gasteiger charge is 2.35. The summed E-state index contributed by atoms with van der Waals surface area (Å²) >= 11 is 6.61. The van der Waals surface area contributed by atoms with Gasteiger partial charge in [0.25, 0.3) is 0 Å². The molecule has 2 bridgehead atoms. The normalized spacial score (nSPS) is 16.9. The lowest BCUT2D eigenvalue weighted by Gasteiger charge is -2.31. The van der Waals surface area contributed by atoms with Gasteiger partial charge in [0, 0.05) is 60.9 Å². The number of allylic oxidation sites excluding steroid dienone is 1. The number of nitrogens with one attached hydrogen (secondary N) is 1. The van der Waals surface area contributed by atoms with Gasteiger partial charge in [-0.05, 0) is 42.0 Å². The van der Waals surface area contributed by atoms with Crippen molar-refractivity contribution in [2.75, 3.05) is 12.4 Å². The lowest BCUT2D eigenvalue weighted by Crippen LogP contribution is -2.33. The molecular weight excluding hydrogens is 480 g/mol. The Morgan fingerprint density at radius 1 is 1.42 bits per heavy atom. The number of rotatable bonds is 3. The first-order chi connectivity index (χ1) is 17.1. The first kappa shape index (κ1) is 25.5. The first-order valence-corrected chi connectivity index (χ1v) is 11.4. The Labute approximate surface area is 215 Å². The van der Waals surface area contributed by atoms with E-state index in [9.17, 15) is 9.18 Å². The molecule has 1 aliphatic heterocycles. The monoisotopic (exact) mass is 502 g/mol. The van der Waals surface area contributed by atoms with Crippen LogP contribution in [0.4, 0.5) is 10.2 Å². The maximum atomic E-state index is 14.3. The minimum Gasteiger partial charge on any atom is -0.485 e. The van der Waals surface area contributed by atoms with Crippen LogP contribution < -0.4 is 15.8 Å². The molecule has 3 heterocycles. The molecule has 0 saturated carbocycles. The van der Waals surface area contributed by atoms with Crippen LogP contribution in [0.5, 0.6) is 5.75 Å². The van der Waals surface area contributed by atoms with Crippen molar-refractivity contribution in [1.29, 1.82) is 0 Å². The van der Waals surface area contributed by atoms with Crippen LogP contribution in [-0.4, -0.2) is 49.6 Å². The summed E-state index contributed by atoms with van der Waals surface area (Å²) in [6, 6.07) is 5.74. The molecule has 1 aromatic carbocycles. The summed E-state index contributed by atoms with van der Waals surface area (Å²) in [6.07, 6.45) is 2.97. The number of aromatic nitrogens is 3. The first-order valence-electron chi connectivity index (χ1n) is 11.0. The number of amides is 1. The minimum absolute atomic E-state index is 0.0662. The van der Waals surface area contributed by atoms with Gasteiger partial charge in [-0.15, -0.1) is 0 Å². The number of carbonyl (C=O) groups is 1. The zero-order valence-electron chi connectivity index (χ0n) is 20.0. The van der Waals surface area contributed by atoms with Crippen LogP contribution in [0.3, 0.4) is 0 Å². The fraction of sp³-hybridized carbons (Fsp3) is 0.250. The second kappa shape index (κ2) is 9.81. The maximum Gasteiger partial charge on any atom is 0.222 e. The Balaban J connectivity index is 2.12. The van der Waals surface area contributed by atoms with Gasteiger partial charge >= 0.3 is 0 Å². The Bertz CT molecular complexity index is 1420. The minimum atomic E-state index is -1.76. The molecule has 1 aliphatic rings. The number of benzene rings is 1. The lowest BCUT2D eigenvalue weighted by atomic mass is 9.47. The fourth-order valence-corrected chi connectivity index (χ4v) is 4.51. The van der Waals surface area contributed by atoms with Gasteiger partial charge in [-0.25, -0.2) is 9.37 Å². The van der Waals surface area contributed by atoms with E-state index in [-0.39, 0.29) is 46.1 Å². The van der Waals surface area contributed by atoms with E-state index in [4.69, 9.17) is 37.8 Å². The molecule has 1 amide bonds. The number of halogens is 2. The number of aryl methyl sites for hydroxylation is 1. The van der Waals surface area contributed by atoms with Gasteiger partial charge in [0.1, 0.15) is 12.4 Å². The average molecular weight is 503 g/mol. The summed E-state index contributed by atoms with van der Waals surface area (Å²) < 4.78 is 21.9. The zero-order valence-corrected chi connectivity index (χ0v) is 20.7. The predicted octanol–water partition coefficient (Wildman–Crippen LogP) is 3.17. The highest BCUT2D eigenvalue weighted by Crippen LogP contribution is 2.42. The second-order valence-electron chi connectivity index (χ2n) is 8.26. The molecule has 12 heteroatoms. The highest BCUT2D eigenvalue weighted by atomic mass is 35.5. The van der Waals surface area contributed by atoms with E-state index < -0.39 is 11.0 Å². The summed E-state index contributed by atoms with van der Waals surface area (Å²) in [5, 5.41) is 5.37. The molecular formula is C24H22B2ClFN6O2. The molecule has 0 unspecified atom stereocenters. The Morgan fingerprint density at radius 3 is 2.83 bits per heavy atom. The van der Waals surface area contributed by atoms with Crippen LogP contribution in [0.1, 0.15) is 30.5 Å². The van der Waals surface area contributed by atoms with Crippen molar-refractivity contribution in [1.82, 2.24) is 14.8 Å². The van der Waals surface area contributed by atoms with Gasteiger partial charge in [0.05, 0.1) is 21.4 Å². The van der Waals surface area contributed by atoms with Crippen molar-refractivity contribution in [2.24, 2.45) is 10.7 Å². The SMILES string of the molecule is [B]C1([B])/C(C=NC)=C(/N)c2ccc(F)cc2COc2cc(cnc2NC(C)=O)-c2c1c(Cl)nn2CC. The van der Waals surface area contributed by atoms with Crippen molar-refractivity contribution in [3.8, 4) is 17.0 Å². The van der Waals surface area contributed by atoms with E-state index in [1.54, 1.807) is 17.8 Å². The quantitative estimate of drug-likeness (QED) is 0.423. The molecule has 0 spiro atoms. The summed E-state index contributed by atoms with van der Waals surface area (Å²) in [7, 11) is 15.1. The average Bonchev–Trinajstić information content (AvgIpc) is 3.17. The number of nitrogens with two attached hydrogens (primary N) is 1. The smallest absolute Gasteiger partial charge is 0.222 e. The van der Waals surface area contributed by atoms with Gasteiger partial charge in [0.2, 0.25) is 5.91 Å². The van der Waals surface area contributed by atoms with Crippen LogP contribution >= 0.6 is 11.6 Å². The standard InChI is InChI=1S/C24H22B2ClFN6O2/c1-4-34-21-13-8-18(23(31-9-13)32-12(2)35)36-11-14-7-15(28)5-6-16(14)20(29)17(10-30-3)24(25,26)19(21)22(27)33-34/h5-10H,4,11,29H2,1-3H3,(H,31,32,35)/b20-17+,30-10?. The molecule has 0 fully saturated rings. The van der Waals surface area contributed by atoms with Gasteiger partial charge in [0.15, 0.2) is 16.7 Å². The fourth-order valence-electron chi connectivity index (χ4n) is 4.17. The number of aliphatic imine (C=N–C) groups is 1. The summed E-state index contributed by atoms with van der Waals surface area (Å²) in [5.41, 5.74) is 9.19. The van der Waals surface area contributed by atoms with E-state index >= 15 is 0 Å². The van der Waals surface area contributed by atoms with Crippen molar-refractivity contribution in [2.45, 2.75) is 32.2 Å². The highest BCUT2D eigenvalue weighted by molar-refractivity contribution is 6.47. The van der Waals surface area contributed by atoms with Crippen LogP contribution in [0.25, 0.3) is 17.0 Å². The number of carbonyl (C=O) groups excluding carboxylic acids is 1. The molecule has 2 aromatic heterocycles. The van der Waals surface area contributed by atoms with Crippen LogP contribution in [0.2, 0.25) is 5.15 Å². The third-order valence-electron chi connectivity index (χ3n) is 5.78. The Morgan fingerprint density at radius 2 is 2.17 bits per heavy atom. The summed E-state index contributed by atoms with van der Waals surface area (Å²) in [6.45, 7) is 3.58. The van der Waals surface area contributed by atoms with Gasteiger partial charge in [-0.3, -0.25) is 14.5 Å². The van der Waals surface area contributed by atoms with Gasteiger partial charge < -0.3 is 15.8 Å². The maximum absolute atomic E-state index is 14.3. The number of ether oxygens (including phenoxy) is 1. The van der Waals surface area contributed by atoms with Crippen molar-refractivity contribution < 1.29 is 13.9 Å². The summed E-state index contributed by atoms with van der Waals surface area (Å²) in [5.74, 6) is -0.403. The van der Waals surface area contributed by atoms with Crippen LogP contribution in [0, 0.1) is 5.82 Å². The number of fused-ring (bicyclic) bond motifs is 5. The van der Waals surface area contributed by atoms with Crippen LogP contribution in [-0.2, 0) is 23.2 Å². The molecule has 0 saturated heterocycles. The number of nitrogens with zero attached hydrogens (tertiary/aromatic N) is 4. The number of hydrogen-bond acceptors (Lipinski definition) is 6. The third kappa shape index (κ3) is 4.51. The van der Waals surface area contributed by atoms with Crippen molar-refractivity contribution in [3.05, 3.63) is 63.7 Å².